The van der Waals surface area contributed by atoms with E-state index in [9.17, 15) is 10.1 Å². The molecule has 0 atom stereocenters. The number of hydrogen-bond donors (Lipinski definition) is 1. The Balaban J connectivity index is 2.12. The highest BCUT2D eigenvalue weighted by molar-refractivity contribution is 5.97. The molecule has 100 valence electrons. The predicted octanol–water partition coefficient (Wildman–Crippen LogP) is 3.19. The zero-order valence-electron chi connectivity index (χ0n) is 11.3. The number of nitrogens with zero attached hydrogens (tertiary/aromatic N) is 2. The van der Waals surface area contributed by atoms with Crippen molar-refractivity contribution >= 4 is 11.6 Å². The second-order valence-corrected chi connectivity index (χ2v) is 5.25. The molecule has 1 aliphatic carbocycles. The van der Waals surface area contributed by atoms with E-state index in [1.54, 1.807) is 6.20 Å². The number of aromatic nitrogens is 1. The molecule has 0 radical (unpaired) electrons. The van der Waals surface area contributed by atoms with E-state index in [-0.39, 0.29) is 5.91 Å². The second-order valence-electron chi connectivity index (χ2n) is 5.25. The van der Waals surface area contributed by atoms with Gasteiger partial charge in [-0.2, -0.15) is 5.26 Å². The summed E-state index contributed by atoms with van der Waals surface area (Å²) in [6.07, 6.45) is 7.09. The maximum Gasteiger partial charge on any atom is 0.244 e. The van der Waals surface area contributed by atoms with Gasteiger partial charge in [0.05, 0.1) is 18.0 Å². The SMILES string of the molecule is Cc1ccc(NC(=O)C2(C#N)CCCCCC2)cn1. The maximum atomic E-state index is 12.4. The summed E-state index contributed by atoms with van der Waals surface area (Å²) in [5, 5.41) is 12.3. The minimum absolute atomic E-state index is 0.178. The van der Waals surface area contributed by atoms with Crippen LogP contribution in [0.5, 0.6) is 0 Å². The number of pyridine rings is 1. The van der Waals surface area contributed by atoms with Crippen molar-refractivity contribution in [3.63, 3.8) is 0 Å². The first-order chi connectivity index (χ1) is 9.16. The molecule has 0 aliphatic heterocycles. The van der Waals surface area contributed by atoms with Gasteiger partial charge in [0.15, 0.2) is 0 Å². The van der Waals surface area contributed by atoms with Gasteiger partial charge in [-0.1, -0.05) is 25.7 Å². The lowest BCUT2D eigenvalue weighted by Crippen LogP contribution is -2.34. The Labute approximate surface area is 113 Å². The number of hydrogen-bond acceptors (Lipinski definition) is 3. The minimum Gasteiger partial charge on any atom is -0.323 e. The highest BCUT2D eigenvalue weighted by atomic mass is 16.2. The first-order valence-corrected chi connectivity index (χ1v) is 6.82. The van der Waals surface area contributed by atoms with Crippen molar-refractivity contribution in [2.75, 3.05) is 5.32 Å². The summed E-state index contributed by atoms with van der Waals surface area (Å²) in [5.74, 6) is -0.178. The zero-order chi connectivity index (χ0) is 13.7. The van der Waals surface area contributed by atoms with Crippen molar-refractivity contribution < 1.29 is 4.79 Å². The molecule has 0 aromatic carbocycles. The summed E-state index contributed by atoms with van der Waals surface area (Å²) < 4.78 is 0. The van der Waals surface area contributed by atoms with Crippen LogP contribution in [0, 0.1) is 23.7 Å². The molecule has 0 bridgehead atoms. The molecule has 1 fully saturated rings. The fourth-order valence-corrected chi connectivity index (χ4v) is 2.51. The Kier molecular flexibility index (Phi) is 4.16. The van der Waals surface area contributed by atoms with Crippen LogP contribution < -0.4 is 5.32 Å². The molecule has 1 heterocycles. The van der Waals surface area contributed by atoms with E-state index in [2.05, 4.69) is 16.4 Å². The molecule has 1 aliphatic rings. The van der Waals surface area contributed by atoms with Crippen LogP contribution >= 0.6 is 0 Å². The van der Waals surface area contributed by atoms with Crippen LogP contribution in [0.25, 0.3) is 0 Å². The summed E-state index contributed by atoms with van der Waals surface area (Å²) in [6, 6.07) is 5.93. The van der Waals surface area contributed by atoms with Crippen molar-refractivity contribution in [2.24, 2.45) is 5.41 Å². The molecule has 1 aromatic rings. The second kappa shape index (κ2) is 5.83. The van der Waals surface area contributed by atoms with Crippen LogP contribution in [0.1, 0.15) is 44.2 Å². The predicted molar refractivity (Wildman–Crippen MR) is 73.4 cm³/mol. The third-order valence-electron chi connectivity index (χ3n) is 3.78. The summed E-state index contributed by atoms with van der Waals surface area (Å²) in [6.45, 7) is 1.90. The zero-order valence-corrected chi connectivity index (χ0v) is 11.3. The molecule has 0 unspecified atom stereocenters. The lowest BCUT2D eigenvalue weighted by Gasteiger charge is -2.23. The topological polar surface area (TPSA) is 65.8 Å². The van der Waals surface area contributed by atoms with Crippen molar-refractivity contribution in [2.45, 2.75) is 45.4 Å². The van der Waals surface area contributed by atoms with Gasteiger partial charge in [-0.3, -0.25) is 9.78 Å². The number of carbonyl (C=O) groups excluding carboxylic acids is 1. The molecule has 1 N–H and O–H groups in total. The van der Waals surface area contributed by atoms with E-state index in [4.69, 9.17) is 0 Å². The summed E-state index contributed by atoms with van der Waals surface area (Å²) >= 11 is 0. The number of nitrogens with one attached hydrogen (secondary N) is 1. The molecular formula is C15H19N3O. The van der Waals surface area contributed by atoms with Gasteiger partial charge in [0.25, 0.3) is 0 Å². The number of anilines is 1. The summed E-state index contributed by atoms with van der Waals surface area (Å²) in [4.78, 5) is 16.5. The lowest BCUT2D eigenvalue weighted by molar-refractivity contribution is -0.123. The van der Waals surface area contributed by atoms with Gasteiger partial charge in [0.1, 0.15) is 5.41 Å². The van der Waals surface area contributed by atoms with E-state index in [0.29, 0.717) is 18.5 Å². The van der Waals surface area contributed by atoms with Crippen LogP contribution in [0.4, 0.5) is 5.69 Å². The van der Waals surface area contributed by atoms with Crippen molar-refractivity contribution in [1.29, 1.82) is 5.26 Å². The van der Waals surface area contributed by atoms with Gasteiger partial charge < -0.3 is 5.32 Å². The van der Waals surface area contributed by atoms with Gasteiger partial charge in [-0.05, 0) is 31.9 Å². The Morgan fingerprint density at radius 3 is 2.53 bits per heavy atom. The molecule has 2 rings (SSSR count). The average Bonchev–Trinajstić information content (AvgIpc) is 2.67. The molecule has 19 heavy (non-hydrogen) atoms. The van der Waals surface area contributed by atoms with Crippen LogP contribution in [-0.2, 0) is 4.79 Å². The van der Waals surface area contributed by atoms with Crippen molar-refractivity contribution in [3.8, 4) is 6.07 Å². The molecule has 1 saturated carbocycles. The van der Waals surface area contributed by atoms with E-state index in [0.717, 1.165) is 31.4 Å². The van der Waals surface area contributed by atoms with Gasteiger partial charge in [-0.25, -0.2) is 0 Å². The van der Waals surface area contributed by atoms with Crippen LogP contribution in [0.3, 0.4) is 0 Å². The fourth-order valence-electron chi connectivity index (χ4n) is 2.51. The largest absolute Gasteiger partial charge is 0.323 e. The quantitative estimate of drug-likeness (QED) is 0.827. The number of nitriles is 1. The fraction of sp³-hybridized carbons (Fsp3) is 0.533. The average molecular weight is 257 g/mol. The van der Waals surface area contributed by atoms with Crippen molar-refractivity contribution in [1.82, 2.24) is 4.98 Å². The molecule has 4 heteroatoms. The summed E-state index contributed by atoms with van der Waals surface area (Å²) in [7, 11) is 0. The maximum absolute atomic E-state index is 12.4. The molecule has 0 spiro atoms. The monoisotopic (exact) mass is 257 g/mol. The van der Waals surface area contributed by atoms with Gasteiger partial charge in [-0.15, -0.1) is 0 Å². The van der Waals surface area contributed by atoms with E-state index in [1.165, 1.54) is 0 Å². The van der Waals surface area contributed by atoms with E-state index in [1.807, 2.05) is 19.1 Å². The van der Waals surface area contributed by atoms with Gasteiger partial charge in [0, 0.05) is 5.69 Å². The van der Waals surface area contributed by atoms with Crippen LogP contribution in [-0.4, -0.2) is 10.9 Å². The van der Waals surface area contributed by atoms with Crippen molar-refractivity contribution in [3.05, 3.63) is 24.0 Å². The number of aryl methyl sites for hydroxylation is 1. The Morgan fingerprint density at radius 1 is 1.32 bits per heavy atom. The molecule has 1 amide bonds. The number of carbonyl (C=O) groups is 1. The third-order valence-corrected chi connectivity index (χ3v) is 3.78. The van der Waals surface area contributed by atoms with Gasteiger partial charge >= 0.3 is 0 Å². The lowest BCUT2D eigenvalue weighted by atomic mass is 9.81. The standard InChI is InChI=1S/C15H19N3O/c1-12-6-7-13(10-17-12)18-14(19)15(11-16)8-4-2-3-5-9-15/h6-7,10H,2-5,8-9H2,1H3,(H,18,19). The van der Waals surface area contributed by atoms with Gasteiger partial charge in [0.2, 0.25) is 5.91 Å². The Hall–Kier alpha value is -1.89. The first-order valence-electron chi connectivity index (χ1n) is 6.82. The molecular weight excluding hydrogens is 238 g/mol. The van der Waals surface area contributed by atoms with Crippen LogP contribution in [0.2, 0.25) is 0 Å². The Bertz CT molecular complexity index is 479. The van der Waals surface area contributed by atoms with Crippen LogP contribution in [0.15, 0.2) is 18.3 Å². The van der Waals surface area contributed by atoms with E-state index >= 15 is 0 Å². The normalized spacial score (nSPS) is 18.1. The number of rotatable bonds is 2. The molecule has 1 aromatic heterocycles. The Morgan fingerprint density at radius 2 is 2.00 bits per heavy atom. The minimum atomic E-state index is -0.860. The third kappa shape index (κ3) is 3.11. The summed E-state index contributed by atoms with van der Waals surface area (Å²) in [5.41, 5.74) is 0.707. The highest BCUT2D eigenvalue weighted by Gasteiger charge is 2.38. The molecule has 0 saturated heterocycles. The smallest absolute Gasteiger partial charge is 0.244 e. The highest BCUT2D eigenvalue weighted by Crippen LogP contribution is 2.35. The number of amides is 1. The molecule has 4 nitrogen and oxygen atoms in total. The first kappa shape index (κ1) is 13.5. The van der Waals surface area contributed by atoms with E-state index < -0.39 is 5.41 Å².